The highest BCUT2D eigenvalue weighted by Gasteiger charge is 2.15. The number of hydrogen-bond acceptors (Lipinski definition) is 3. The minimum atomic E-state index is 0.376. The monoisotopic (exact) mass is 271 g/mol. The second kappa shape index (κ2) is 5.77. The number of ether oxygens (including phenoxy) is 1. The summed E-state index contributed by atoms with van der Waals surface area (Å²) in [6.45, 7) is 1.51. The van der Waals surface area contributed by atoms with Crippen LogP contribution in [-0.4, -0.2) is 16.8 Å². The van der Waals surface area contributed by atoms with E-state index in [1.54, 1.807) is 0 Å². The lowest BCUT2D eigenvalue weighted by molar-refractivity contribution is 0.134. The lowest BCUT2D eigenvalue weighted by Crippen LogP contribution is -2.17. The summed E-state index contributed by atoms with van der Waals surface area (Å²) in [6, 6.07) is 7.08. The van der Waals surface area contributed by atoms with Gasteiger partial charge in [0.25, 0.3) is 0 Å². The fourth-order valence-corrected chi connectivity index (χ4v) is 2.80. The summed E-state index contributed by atoms with van der Waals surface area (Å²) >= 11 is 0. The summed E-state index contributed by atoms with van der Waals surface area (Å²) in [7, 11) is 3.98. The van der Waals surface area contributed by atoms with Crippen LogP contribution in [0.3, 0.4) is 0 Å². The summed E-state index contributed by atoms with van der Waals surface area (Å²) in [5, 5.41) is 7.64. The topological polar surface area (TPSA) is 39.1 Å². The van der Waals surface area contributed by atoms with E-state index in [4.69, 9.17) is 4.74 Å². The van der Waals surface area contributed by atoms with Gasteiger partial charge in [0.2, 0.25) is 0 Å². The van der Waals surface area contributed by atoms with Crippen LogP contribution in [0.25, 0.3) is 0 Å². The Hall–Kier alpha value is -1.65. The Balaban J connectivity index is 1.69. The van der Waals surface area contributed by atoms with Crippen molar-refractivity contribution in [2.75, 3.05) is 7.05 Å². The molecule has 1 aromatic carbocycles. The van der Waals surface area contributed by atoms with Crippen molar-refractivity contribution in [3.05, 3.63) is 52.8 Å². The molecule has 1 aliphatic heterocycles. The summed E-state index contributed by atoms with van der Waals surface area (Å²) < 4.78 is 7.34. The third kappa shape index (κ3) is 2.76. The first-order valence-electron chi connectivity index (χ1n) is 7.10. The molecule has 4 nitrogen and oxygen atoms in total. The van der Waals surface area contributed by atoms with Crippen LogP contribution in [0.4, 0.5) is 0 Å². The summed E-state index contributed by atoms with van der Waals surface area (Å²) in [4.78, 5) is 0. The second-order valence-electron chi connectivity index (χ2n) is 5.42. The van der Waals surface area contributed by atoms with Gasteiger partial charge in [-0.15, -0.1) is 0 Å². The van der Waals surface area contributed by atoms with Gasteiger partial charge in [-0.25, -0.2) is 0 Å². The predicted molar refractivity (Wildman–Crippen MR) is 78.3 cm³/mol. The molecule has 0 amide bonds. The van der Waals surface area contributed by atoms with E-state index in [0.717, 1.165) is 26.1 Å². The van der Waals surface area contributed by atoms with E-state index in [0.29, 0.717) is 6.04 Å². The number of nitrogens with zero attached hydrogens (tertiary/aromatic N) is 2. The molecule has 1 aliphatic rings. The molecular formula is C16H21N3O. The summed E-state index contributed by atoms with van der Waals surface area (Å²) in [6.07, 6.45) is 6.14. The van der Waals surface area contributed by atoms with E-state index in [2.05, 4.69) is 34.8 Å². The molecule has 0 saturated carbocycles. The van der Waals surface area contributed by atoms with Gasteiger partial charge in [0.15, 0.2) is 0 Å². The molecule has 1 atom stereocenters. The van der Waals surface area contributed by atoms with Gasteiger partial charge in [-0.2, -0.15) is 5.10 Å². The van der Waals surface area contributed by atoms with Gasteiger partial charge in [-0.1, -0.05) is 18.2 Å². The number of hydrogen-bond donors (Lipinski definition) is 1. The first kappa shape index (κ1) is 13.3. The normalized spacial score (nSPS) is 15.3. The molecule has 0 fully saturated rings. The zero-order valence-corrected chi connectivity index (χ0v) is 12.1. The first-order valence-corrected chi connectivity index (χ1v) is 7.10. The minimum Gasteiger partial charge on any atom is -0.372 e. The first-order chi connectivity index (χ1) is 9.76. The van der Waals surface area contributed by atoms with Crippen LogP contribution < -0.4 is 5.32 Å². The van der Waals surface area contributed by atoms with E-state index in [1.165, 1.54) is 22.3 Å². The maximum atomic E-state index is 5.48. The van der Waals surface area contributed by atoms with E-state index >= 15 is 0 Å². The van der Waals surface area contributed by atoms with Crippen LogP contribution in [0.15, 0.2) is 30.6 Å². The van der Waals surface area contributed by atoms with Crippen molar-refractivity contribution in [1.82, 2.24) is 15.1 Å². The van der Waals surface area contributed by atoms with Crippen LogP contribution in [0.5, 0.6) is 0 Å². The van der Waals surface area contributed by atoms with Gasteiger partial charge in [-0.05, 0) is 42.1 Å². The van der Waals surface area contributed by atoms with Gasteiger partial charge in [0.05, 0.1) is 19.4 Å². The van der Waals surface area contributed by atoms with Gasteiger partial charge in [0, 0.05) is 19.3 Å². The van der Waals surface area contributed by atoms with Crippen molar-refractivity contribution < 1.29 is 4.74 Å². The molecule has 0 spiro atoms. The third-order valence-electron chi connectivity index (χ3n) is 3.98. The predicted octanol–water partition coefficient (Wildman–Crippen LogP) is 2.34. The number of benzene rings is 1. The number of aromatic nitrogens is 2. The molecule has 2 aromatic rings. The Morgan fingerprint density at radius 3 is 2.95 bits per heavy atom. The SMILES string of the molecule is CNC(CCc1cnn(C)c1)c1ccc2c(c1)COC2. The van der Waals surface area contributed by atoms with Crippen molar-refractivity contribution >= 4 is 0 Å². The number of rotatable bonds is 5. The van der Waals surface area contributed by atoms with Crippen molar-refractivity contribution in [2.24, 2.45) is 7.05 Å². The van der Waals surface area contributed by atoms with Gasteiger partial charge < -0.3 is 10.1 Å². The molecule has 1 N–H and O–H groups in total. The average molecular weight is 271 g/mol. The molecule has 1 aromatic heterocycles. The van der Waals surface area contributed by atoms with Crippen molar-refractivity contribution in [2.45, 2.75) is 32.1 Å². The molecule has 2 heterocycles. The number of aryl methyl sites for hydroxylation is 2. The molecular weight excluding hydrogens is 250 g/mol. The third-order valence-corrected chi connectivity index (χ3v) is 3.98. The van der Waals surface area contributed by atoms with Crippen LogP contribution >= 0.6 is 0 Å². The Morgan fingerprint density at radius 2 is 2.20 bits per heavy atom. The van der Waals surface area contributed by atoms with E-state index in [9.17, 15) is 0 Å². The highest BCUT2D eigenvalue weighted by atomic mass is 16.5. The van der Waals surface area contributed by atoms with Crippen LogP contribution in [-0.2, 0) is 31.4 Å². The van der Waals surface area contributed by atoms with E-state index < -0.39 is 0 Å². The van der Waals surface area contributed by atoms with E-state index in [-0.39, 0.29) is 0 Å². The fraction of sp³-hybridized carbons (Fsp3) is 0.438. The zero-order valence-electron chi connectivity index (χ0n) is 12.1. The quantitative estimate of drug-likeness (QED) is 0.907. The van der Waals surface area contributed by atoms with E-state index in [1.807, 2.05) is 25.0 Å². The Bertz CT molecular complexity index is 591. The highest BCUT2D eigenvalue weighted by molar-refractivity contribution is 5.34. The van der Waals surface area contributed by atoms with Crippen molar-refractivity contribution in [3.8, 4) is 0 Å². The largest absolute Gasteiger partial charge is 0.372 e. The molecule has 1 unspecified atom stereocenters. The smallest absolute Gasteiger partial charge is 0.0725 e. The standard InChI is InChI=1S/C16H21N3O/c1-17-16(6-3-12-8-18-19(2)9-12)13-4-5-14-10-20-11-15(14)7-13/h4-5,7-9,16-17H,3,6,10-11H2,1-2H3. The number of fused-ring (bicyclic) bond motifs is 1. The fourth-order valence-electron chi connectivity index (χ4n) is 2.80. The van der Waals surface area contributed by atoms with Gasteiger partial charge >= 0.3 is 0 Å². The summed E-state index contributed by atoms with van der Waals surface area (Å²) in [5.74, 6) is 0. The van der Waals surface area contributed by atoms with Crippen LogP contribution in [0.2, 0.25) is 0 Å². The Labute approximate surface area is 119 Å². The lowest BCUT2D eigenvalue weighted by atomic mass is 9.97. The van der Waals surface area contributed by atoms with Gasteiger partial charge in [-0.3, -0.25) is 4.68 Å². The Morgan fingerprint density at radius 1 is 1.35 bits per heavy atom. The Kier molecular flexibility index (Phi) is 3.85. The maximum absolute atomic E-state index is 5.48. The van der Waals surface area contributed by atoms with Crippen molar-refractivity contribution in [3.63, 3.8) is 0 Å². The van der Waals surface area contributed by atoms with Gasteiger partial charge in [0.1, 0.15) is 0 Å². The lowest BCUT2D eigenvalue weighted by Gasteiger charge is -2.17. The molecule has 20 heavy (non-hydrogen) atoms. The highest BCUT2D eigenvalue weighted by Crippen LogP contribution is 2.26. The number of nitrogens with one attached hydrogen (secondary N) is 1. The van der Waals surface area contributed by atoms with Crippen molar-refractivity contribution in [1.29, 1.82) is 0 Å². The zero-order chi connectivity index (χ0) is 13.9. The summed E-state index contributed by atoms with van der Waals surface area (Å²) in [5.41, 5.74) is 5.30. The molecule has 0 bridgehead atoms. The van der Waals surface area contributed by atoms with Crippen LogP contribution in [0, 0.1) is 0 Å². The molecule has 3 rings (SSSR count). The molecule has 4 heteroatoms. The minimum absolute atomic E-state index is 0.376. The van der Waals surface area contributed by atoms with Crippen LogP contribution in [0.1, 0.15) is 34.7 Å². The maximum Gasteiger partial charge on any atom is 0.0725 e. The molecule has 106 valence electrons. The molecule has 0 aliphatic carbocycles. The second-order valence-corrected chi connectivity index (χ2v) is 5.42. The molecule has 0 radical (unpaired) electrons. The average Bonchev–Trinajstić information content (AvgIpc) is 3.07. The molecule has 0 saturated heterocycles.